The number of aliphatic imine (C=N–C) groups is 1. The molecule has 0 rings (SSSR count). The van der Waals surface area contributed by atoms with Gasteiger partial charge in [-0.15, -0.1) is 11.8 Å². The molecule has 56 valence electrons. The van der Waals surface area contributed by atoms with Crippen LogP contribution in [0.25, 0.3) is 0 Å². The molecule has 0 aromatic carbocycles. The molecule has 0 amide bonds. The summed E-state index contributed by atoms with van der Waals surface area (Å²) in [5.74, 6) is 0. The van der Waals surface area contributed by atoms with Crippen LogP contribution in [0, 0.1) is 0 Å². The molecule has 0 radical (unpaired) electrons. The van der Waals surface area contributed by atoms with Crippen molar-refractivity contribution in [1.29, 1.82) is 0 Å². The quantitative estimate of drug-likeness (QED) is 0.571. The predicted octanol–water partition coefficient (Wildman–Crippen LogP) is 2.86. The Labute approximate surface area is 66.9 Å². The second kappa shape index (κ2) is 5.30. The Morgan fingerprint density at radius 2 is 2.20 bits per heavy atom. The second-order valence-electron chi connectivity index (χ2n) is 1.85. The Balaban J connectivity index is 4.02. The monoisotopic (exact) mass is 155 g/mol. The van der Waals surface area contributed by atoms with Gasteiger partial charge in [0.15, 0.2) is 0 Å². The van der Waals surface area contributed by atoms with Crippen LogP contribution in [0.5, 0.6) is 0 Å². The van der Waals surface area contributed by atoms with Crippen LogP contribution in [0.1, 0.15) is 13.8 Å². The van der Waals surface area contributed by atoms with Gasteiger partial charge >= 0.3 is 0 Å². The lowest BCUT2D eigenvalue weighted by molar-refractivity contribution is 1.51. The second-order valence-corrected chi connectivity index (χ2v) is 2.73. The third-order valence-corrected chi connectivity index (χ3v) is 1.51. The Bertz CT molecular complexity index is 168. The predicted molar refractivity (Wildman–Crippen MR) is 50.6 cm³/mol. The number of thioether (sulfide) groups is 1. The van der Waals surface area contributed by atoms with Crippen molar-refractivity contribution in [3.05, 3.63) is 23.8 Å². The Morgan fingerprint density at radius 1 is 1.60 bits per heavy atom. The molecule has 0 N–H and O–H groups in total. The van der Waals surface area contributed by atoms with Crippen molar-refractivity contribution in [2.24, 2.45) is 4.99 Å². The van der Waals surface area contributed by atoms with E-state index in [1.54, 1.807) is 11.8 Å². The van der Waals surface area contributed by atoms with Gasteiger partial charge < -0.3 is 0 Å². The summed E-state index contributed by atoms with van der Waals surface area (Å²) in [5.41, 5.74) is 1.00. The molecule has 0 aromatic rings. The fourth-order valence-electron chi connectivity index (χ4n) is 0.521. The van der Waals surface area contributed by atoms with Crippen LogP contribution in [0.4, 0.5) is 0 Å². The zero-order valence-corrected chi connectivity index (χ0v) is 7.53. The molecule has 0 unspecified atom stereocenters. The summed E-state index contributed by atoms with van der Waals surface area (Å²) in [6.45, 7) is 7.67. The smallest absolute Gasteiger partial charge is 0.0888 e. The summed E-state index contributed by atoms with van der Waals surface area (Å²) < 4.78 is 0. The van der Waals surface area contributed by atoms with E-state index in [9.17, 15) is 0 Å². The molecule has 0 saturated heterocycles. The average molecular weight is 155 g/mol. The van der Waals surface area contributed by atoms with Crippen LogP contribution in [-0.2, 0) is 0 Å². The van der Waals surface area contributed by atoms with Gasteiger partial charge in [0.05, 0.1) is 5.03 Å². The zero-order valence-electron chi connectivity index (χ0n) is 6.72. The molecule has 1 nitrogen and oxygen atoms in total. The standard InChI is InChI=1S/C8H13NS/c1-5-6-7(2)9-8(3)10-4/h5-6H,3H2,1-2,4H3/b6-5-,9-7-. The van der Waals surface area contributed by atoms with Crippen molar-refractivity contribution in [2.75, 3.05) is 6.26 Å². The van der Waals surface area contributed by atoms with Crippen molar-refractivity contribution in [1.82, 2.24) is 0 Å². The summed E-state index contributed by atoms with van der Waals surface area (Å²) in [5, 5.41) is 0.857. The highest BCUT2D eigenvalue weighted by Crippen LogP contribution is 2.09. The van der Waals surface area contributed by atoms with Gasteiger partial charge in [0.25, 0.3) is 0 Å². The molecule has 0 aromatic heterocycles. The van der Waals surface area contributed by atoms with E-state index in [4.69, 9.17) is 0 Å². The first-order valence-electron chi connectivity index (χ1n) is 3.11. The van der Waals surface area contributed by atoms with Crippen molar-refractivity contribution < 1.29 is 0 Å². The summed E-state index contributed by atoms with van der Waals surface area (Å²) in [7, 11) is 0. The van der Waals surface area contributed by atoms with Crippen LogP contribution in [0.15, 0.2) is 28.8 Å². The van der Waals surface area contributed by atoms with Gasteiger partial charge in [0.2, 0.25) is 0 Å². The Morgan fingerprint density at radius 3 is 2.60 bits per heavy atom. The molecule has 0 aliphatic carbocycles. The largest absolute Gasteiger partial charge is 0.247 e. The lowest BCUT2D eigenvalue weighted by Gasteiger charge is -1.92. The van der Waals surface area contributed by atoms with Gasteiger partial charge in [-0.1, -0.05) is 12.7 Å². The van der Waals surface area contributed by atoms with Crippen molar-refractivity contribution in [2.45, 2.75) is 13.8 Å². The number of hydrogen-bond donors (Lipinski definition) is 0. The van der Waals surface area contributed by atoms with Gasteiger partial charge in [-0.3, -0.25) is 0 Å². The molecule has 0 aliphatic heterocycles. The lowest BCUT2D eigenvalue weighted by atomic mass is 10.4. The van der Waals surface area contributed by atoms with E-state index < -0.39 is 0 Å². The summed E-state index contributed by atoms with van der Waals surface area (Å²) in [6, 6.07) is 0. The Kier molecular flexibility index (Phi) is 5.03. The third-order valence-electron chi connectivity index (χ3n) is 0.945. The molecule has 10 heavy (non-hydrogen) atoms. The van der Waals surface area contributed by atoms with Crippen LogP contribution in [0.2, 0.25) is 0 Å². The maximum Gasteiger partial charge on any atom is 0.0888 e. The van der Waals surface area contributed by atoms with Gasteiger partial charge in [0.1, 0.15) is 0 Å². The van der Waals surface area contributed by atoms with E-state index in [-0.39, 0.29) is 0 Å². The van der Waals surface area contributed by atoms with E-state index in [0.717, 1.165) is 10.7 Å². The molecule has 0 spiro atoms. The maximum atomic E-state index is 4.18. The highest BCUT2D eigenvalue weighted by molar-refractivity contribution is 8.02. The zero-order chi connectivity index (χ0) is 7.98. The molecule has 0 atom stereocenters. The van der Waals surface area contributed by atoms with Crippen molar-refractivity contribution in [3.8, 4) is 0 Å². The first kappa shape index (κ1) is 9.50. The topological polar surface area (TPSA) is 12.4 Å². The van der Waals surface area contributed by atoms with Crippen molar-refractivity contribution >= 4 is 17.5 Å². The summed E-state index contributed by atoms with van der Waals surface area (Å²) >= 11 is 1.56. The highest BCUT2D eigenvalue weighted by atomic mass is 32.2. The molecular weight excluding hydrogens is 142 g/mol. The van der Waals surface area contributed by atoms with Gasteiger partial charge in [-0.2, -0.15) is 0 Å². The molecule has 2 heteroatoms. The highest BCUT2D eigenvalue weighted by Gasteiger charge is 1.85. The minimum absolute atomic E-state index is 0.857. The number of allylic oxidation sites excluding steroid dienone is 2. The van der Waals surface area contributed by atoms with E-state index in [1.165, 1.54) is 0 Å². The molecule has 0 saturated carbocycles. The first-order valence-corrected chi connectivity index (χ1v) is 4.34. The molecule has 0 bridgehead atoms. The molecule has 0 heterocycles. The van der Waals surface area contributed by atoms with E-state index in [1.807, 2.05) is 32.3 Å². The SMILES string of the molecule is C=C(/N=C(C)\C=C/C)SC. The van der Waals surface area contributed by atoms with E-state index >= 15 is 0 Å². The maximum absolute atomic E-state index is 4.18. The minimum Gasteiger partial charge on any atom is -0.247 e. The number of rotatable bonds is 3. The summed E-state index contributed by atoms with van der Waals surface area (Å²) in [4.78, 5) is 4.18. The van der Waals surface area contributed by atoms with Crippen LogP contribution < -0.4 is 0 Å². The van der Waals surface area contributed by atoms with E-state index in [0.29, 0.717) is 0 Å². The van der Waals surface area contributed by atoms with Gasteiger partial charge in [-0.05, 0) is 26.2 Å². The molecule has 0 fully saturated rings. The first-order chi connectivity index (χ1) is 4.70. The fourth-order valence-corrected chi connectivity index (χ4v) is 0.756. The van der Waals surface area contributed by atoms with Gasteiger partial charge in [0, 0.05) is 5.71 Å². The van der Waals surface area contributed by atoms with Gasteiger partial charge in [-0.25, -0.2) is 4.99 Å². The van der Waals surface area contributed by atoms with Crippen LogP contribution in [0.3, 0.4) is 0 Å². The molecular formula is C8H13NS. The van der Waals surface area contributed by atoms with E-state index in [2.05, 4.69) is 11.6 Å². The van der Waals surface area contributed by atoms with Crippen LogP contribution in [-0.4, -0.2) is 12.0 Å². The molecule has 0 aliphatic rings. The summed E-state index contributed by atoms with van der Waals surface area (Å²) in [6.07, 6.45) is 5.89. The lowest BCUT2D eigenvalue weighted by Crippen LogP contribution is -1.82. The number of nitrogens with zero attached hydrogens (tertiary/aromatic N) is 1. The minimum atomic E-state index is 0.857. The van der Waals surface area contributed by atoms with Crippen molar-refractivity contribution in [3.63, 3.8) is 0 Å². The third kappa shape index (κ3) is 4.39. The fraction of sp³-hybridized carbons (Fsp3) is 0.375. The average Bonchev–Trinajstić information content (AvgIpc) is 1.88. The normalized spacial score (nSPS) is 12.5. The number of hydrogen-bond acceptors (Lipinski definition) is 2. The Hall–Kier alpha value is -0.500. The van der Waals surface area contributed by atoms with Crippen LogP contribution >= 0.6 is 11.8 Å².